The van der Waals surface area contributed by atoms with Crippen molar-refractivity contribution in [1.29, 1.82) is 0 Å². The van der Waals surface area contributed by atoms with Crippen molar-refractivity contribution in [3.05, 3.63) is 59.7 Å². The maximum atomic E-state index is 12.7. The quantitative estimate of drug-likeness (QED) is 0.563. The minimum atomic E-state index is -0.883. The van der Waals surface area contributed by atoms with Crippen LogP contribution in [-0.2, 0) is 14.3 Å². The first-order valence-electron chi connectivity index (χ1n) is 11.6. The van der Waals surface area contributed by atoms with E-state index in [-0.39, 0.29) is 42.9 Å². The summed E-state index contributed by atoms with van der Waals surface area (Å²) in [5, 5.41) is 14.6. The van der Waals surface area contributed by atoms with Gasteiger partial charge in [0.1, 0.15) is 6.61 Å². The topological polar surface area (TPSA) is 105 Å². The van der Waals surface area contributed by atoms with Crippen molar-refractivity contribution in [2.45, 2.75) is 57.0 Å². The maximum Gasteiger partial charge on any atom is 0.407 e. The second kappa shape index (κ2) is 10.1. The van der Waals surface area contributed by atoms with Gasteiger partial charge in [0.05, 0.1) is 5.92 Å². The standard InChI is InChI=1S/C26H30N2O5/c1-16(13-14-24(29)30)27-25(31)21-11-6-12-23(21)28-26(32)33-15-22-19-9-4-2-7-17(19)18-8-3-5-10-20(18)22/h2-5,7-10,16,21-23H,6,11-15H2,1H3,(H,27,31)(H,28,32)(H,29,30)/t16?,21-,23+/m0/s1. The van der Waals surface area contributed by atoms with Crippen molar-refractivity contribution in [3.63, 3.8) is 0 Å². The van der Waals surface area contributed by atoms with E-state index in [1.807, 2.05) is 24.3 Å². The monoisotopic (exact) mass is 450 g/mol. The van der Waals surface area contributed by atoms with Crippen LogP contribution in [0.4, 0.5) is 4.79 Å². The zero-order valence-corrected chi connectivity index (χ0v) is 18.8. The fraction of sp³-hybridized carbons (Fsp3) is 0.423. The van der Waals surface area contributed by atoms with Crippen molar-refractivity contribution >= 4 is 18.0 Å². The molecule has 0 aromatic heterocycles. The number of amides is 2. The molecule has 2 amide bonds. The zero-order chi connectivity index (χ0) is 23.4. The molecule has 1 saturated carbocycles. The second-order valence-electron chi connectivity index (χ2n) is 8.96. The number of hydrogen-bond donors (Lipinski definition) is 3. The molecule has 7 nitrogen and oxygen atoms in total. The molecular weight excluding hydrogens is 420 g/mol. The van der Waals surface area contributed by atoms with Gasteiger partial charge >= 0.3 is 12.1 Å². The molecule has 3 N–H and O–H groups in total. The molecule has 1 fully saturated rings. The van der Waals surface area contributed by atoms with Gasteiger partial charge in [-0.05, 0) is 48.4 Å². The first-order valence-corrected chi connectivity index (χ1v) is 11.6. The summed E-state index contributed by atoms with van der Waals surface area (Å²) in [6.45, 7) is 2.03. The molecular formula is C26H30N2O5. The smallest absolute Gasteiger partial charge is 0.407 e. The number of aliphatic carboxylic acids is 1. The van der Waals surface area contributed by atoms with Crippen molar-refractivity contribution in [1.82, 2.24) is 10.6 Å². The lowest BCUT2D eigenvalue weighted by atomic mass is 9.98. The van der Waals surface area contributed by atoms with E-state index in [9.17, 15) is 14.4 Å². The van der Waals surface area contributed by atoms with Crippen LogP contribution in [0.3, 0.4) is 0 Å². The Bertz CT molecular complexity index is 991. The SMILES string of the molecule is CC(CCC(=O)O)NC(=O)[C@H]1CCC[C@H]1NC(=O)OCC1c2ccccc2-c2ccccc21. The van der Waals surface area contributed by atoms with E-state index in [1.165, 1.54) is 11.1 Å². The first kappa shape index (κ1) is 22.8. The maximum absolute atomic E-state index is 12.7. The fourth-order valence-corrected chi connectivity index (χ4v) is 5.00. The number of rotatable bonds is 8. The summed E-state index contributed by atoms with van der Waals surface area (Å²) in [5.41, 5.74) is 4.65. The summed E-state index contributed by atoms with van der Waals surface area (Å²) < 4.78 is 5.63. The summed E-state index contributed by atoms with van der Waals surface area (Å²) in [4.78, 5) is 36.0. The second-order valence-corrected chi connectivity index (χ2v) is 8.96. The Balaban J connectivity index is 1.32. The number of carboxylic acids is 1. The Morgan fingerprint density at radius 3 is 2.30 bits per heavy atom. The van der Waals surface area contributed by atoms with Crippen LogP contribution in [0.2, 0.25) is 0 Å². The van der Waals surface area contributed by atoms with Gasteiger partial charge in [-0.25, -0.2) is 4.79 Å². The summed E-state index contributed by atoms with van der Waals surface area (Å²) >= 11 is 0. The van der Waals surface area contributed by atoms with Crippen molar-refractivity contribution in [2.75, 3.05) is 6.61 Å². The first-order chi connectivity index (χ1) is 15.9. The number of alkyl carbamates (subject to hydrolysis) is 1. The van der Waals surface area contributed by atoms with E-state index in [1.54, 1.807) is 6.92 Å². The Hall–Kier alpha value is -3.35. The van der Waals surface area contributed by atoms with Gasteiger partial charge in [-0.2, -0.15) is 0 Å². The molecule has 7 heteroatoms. The van der Waals surface area contributed by atoms with Crippen LogP contribution < -0.4 is 10.6 Å². The van der Waals surface area contributed by atoms with Crippen molar-refractivity contribution in [2.24, 2.45) is 5.92 Å². The molecule has 4 rings (SSSR count). The molecule has 0 saturated heterocycles. The predicted molar refractivity (Wildman–Crippen MR) is 124 cm³/mol. The third kappa shape index (κ3) is 5.18. The number of carbonyl (C=O) groups excluding carboxylic acids is 2. The zero-order valence-electron chi connectivity index (χ0n) is 18.8. The van der Waals surface area contributed by atoms with Gasteiger partial charge in [-0.3, -0.25) is 9.59 Å². The van der Waals surface area contributed by atoms with Crippen LogP contribution in [0.15, 0.2) is 48.5 Å². The van der Waals surface area contributed by atoms with Gasteiger partial charge in [0.2, 0.25) is 5.91 Å². The van der Waals surface area contributed by atoms with E-state index in [4.69, 9.17) is 9.84 Å². The number of nitrogens with one attached hydrogen (secondary N) is 2. The summed E-state index contributed by atoms with van der Waals surface area (Å²) in [6, 6.07) is 15.8. The third-order valence-electron chi connectivity index (χ3n) is 6.68. The lowest BCUT2D eigenvalue weighted by Gasteiger charge is -2.23. The molecule has 3 atom stereocenters. The Morgan fingerprint density at radius 1 is 1.03 bits per heavy atom. The van der Waals surface area contributed by atoms with Crippen LogP contribution in [0.1, 0.15) is 56.1 Å². The molecule has 0 radical (unpaired) electrons. The minimum absolute atomic E-state index is 0.00748. The lowest BCUT2D eigenvalue weighted by molar-refractivity contribution is -0.137. The minimum Gasteiger partial charge on any atom is -0.481 e. The number of hydrogen-bond acceptors (Lipinski definition) is 4. The number of carboxylic acid groups (broad SMARTS) is 1. The molecule has 0 heterocycles. The molecule has 0 bridgehead atoms. The van der Waals surface area contributed by atoms with Crippen LogP contribution in [0, 0.1) is 5.92 Å². The van der Waals surface area contributed by atoms with Gasteiger partial charge in [0.25, 0.3) is 0 Å². The van der Waals surface area contributed by atoms with Gasteiger partial charge in [-0.1, -0.05) is 55.0 Å². The molecule has 2 aliphatic carbocycles. The summed E-state index contributed by atoms with van der Waals surface area (Å²) in [7, 11) is 0. The molecule has 2 aliphatic rings. The van der Waals surface area contributed by atoms with Gasteiger partial charge in [0.15, 0.2) is 0 Å². The highest BCUT2D eigenvalue weighted by Crippen LogP contribution is 2.44. The van der Waals surface area contributed by atoms with E-state index >= 15 is 0 Å². The molecule has 33 heavy (non-hydrogen) atoms. The van der Waals surface area contributed by atoms with Crippen molar-refractivity contribution in [3.8, 4) is 11.1 Å². The molecule has 2 aromatic rings. The predicted octanol–water partition coefficient (Wildman–Crippen LogP) is 4.06. The van der Waals surface area contributed by atoms with E-state index in [0.717, 1.165) is 17.5 Å². The van der Waals surface area contributed by atoms with Gasteiger partial charge < -0.3 is 20.5 Å². The normalized spacial score (nSPS) is 19.9. The average molecular weight is 451 g/mol. The number of benzene rings is 2. The van der Waals surface area contributed by atoms with Gasteiger partial charge in [0, 0.05) is 24.4 Å². The number of ether oxygens (including phenoxy) is 1. The number of carbonyl (C=O) groups is 3. The van der Waals surface area contributed by atoms with Crippen LogP contribution in [0.5, 0.6) is 0 Å². The fourth-order valence-electron chi connectivity index (χ4n) is 5.00. The molecule has 0 spiro atoms. The highest BCUT2D eigenvalue weighted by Gasteiger charge is 2.35. The van der Waals surface area contributed by atoms with Crippen LogP contribution in [0.25, 0.3) is 11.1 Å². The Labute approximate surface area is 193 Å². The van der Waals surface area contributed by atoms with Crippen LogP contribution >= 0.6 is 0 Å². The van der Waals surface area contributed by atoms with Gasteiger partial charge in [-0.15, -0.1) is 0 Å². The number of fused-ring (bicyclic) bond motifs is 3. The largest absolute Gasteiger partial charge is 0.481 e. The lowest BCUT2D eigenvalue weighted by Crippen LogP contribution is -2.46. The Kier molecular flexibility index (Phi) is 6.96. The van der Waals surface area contributed by atoms with E-state index < -0.39 is 12.1 Å². The highest BCUT2D eigenvalue weighted by molar-refractivity contribution is 5.81. The molecule has 174 valence electrons. The summed E-state index contributed by atoms with van der Waals surface area (Å²) in [5.74, 6) is -1.38. The van der Waals surface area contributed by atoms with Crippen molar-refractivity contribution < 1.29 is 24.2 Å². The van der Waals surface area contributed by atoms with E-state index in [2.05, 4.69) is 34.9 Å². The van der Waals surface area contributed by atoms with Crippen LogP contribution in [-0.4, -0.2) is 41.8 Å². The molecule has 2 aromatic carbocycles. The highest BCUT2D eigenvalue weighted by atomic mass is 16.5. The molecule has 0 aliphatic heterocycles. The Morgan fingerprint density at radius 2 is 1.67 bits per heavy atom. The van der Waals surface area contributed by atoms with E-state index in [0.29, 0.717) is 19.3 Å². The summed E-state index contributed by atoms with van der Waals surface area (Å²) in [6.07, 6.45) is 2.11. The average Bonchev–Trinajstić information content (AvgIpc) is 3.39. The molecule has 1 unspecified atom stereocenters. The third-order valence-corrected chi connectivity index (χ3v) is 6.68.